The summed E-state index contributed by atoms with van der Waals surface area (Å²) in [6.07, 6.45) is -13.2. The second-order valence-electron chi connectivity index (χ2n) is 9.41. The third-order valence-corrected chi connectivity index (χ3v) is 12.5. The van der Waals surface area contributed by atoms with E-state index in [2.05, 4.69) is 11.5 Å². The SMILES string of the molecule is CC(C)[Si](C#CCC(CC(F)(F)F)C(=O)Nc1c(F)c(F)c(C(F)(F)F)c(F)c1F)(C(C)C)C(C)C. The van der Waals surface area contributed by atoms with Gasteiger partial charge in [-0.05, 0) is 16.6 Å². The molecule has 0 aromatic heterocycles. The molecule has 36 heavy (non-hydrogen) atoms. The zero-order chi connectivity index (χ0) is 28.4. The first-order valence-corrected chi connectivity index (χ1v) is 13.2. The standard InChI is InChI=1S/C23H27F10NOSi/c1-11(2)36(12(3)4,13(5)6)9-7-8-14(10-22(28,29)30)21(35)34-20-18(26)16(24)15(23(31,32)33)17(25)19(20)27/h11-14H,8,10H2,1-6H3,(H,34,35). The molecule has 1 rings (SSSR count). The van der Waals surface area contributed by atoms with E-state index in [1.807, 2.05) is 41.5 Å². The van der Waals surface area contributed by atoms with Crippen LogP contribution in [0.25, 0.3) is 0 Å². The first-order chi connectivity index (χ1) is 16.2. The van der Waals surface area contributed by atoms with Gasteiger partial charge in [0.15, 0.2) is 23.3 Å². The van der Waals surface area contributed by atoms with E-state index < -0.39 is 79.6 Å². The summed E-state index contributed by atoms with van der Waals surface area (Å²) in [7, 11) is -2.42. The van der Waals surface area contributed by atoms with Crippen molar-refractivity contribution in [3.05, 3.63) is 28.8 Å². The van der Waals surface area contributed by atoms with E-state index in [4.69, 9.17) is 0 Å². The van der Waals surface area contributed by atoms with E-state index in [1.165, 1.54) is 5.32 Å². The van der Waals surface area contributed by atoms with E-state index >= 15 is 0 Å². The highest BCUT2D eigenvalue weighted by atomic mass is 28.3. The molecule has 0 aliphatic carbocycles. The maximum Gasteiger partial charge on any atom is 0.422 e. The molecule has 1 atom stereocenters. The summed E-state index contributed by atoms with van der Waals surface area (Å²) >= 11 is 0. The highest BCUT2D eigenvalue weighted by molar-refractivity contribution is 6.90. The molecule has 0 heterocycles. The number of amides is 1. The molecule has 1 unspecified atom stereocenters. The monoisotopic (exact) mass is 551 g/mol. The molecule has 1 aromatic rings. The smallest absolute Gasteiger partial charge is 0.321 e. The second kappa shape index (κ2) is 11.4. The fourth-order valence-electron chi connectivity index (χ4n) is 4.51. The Morgan fingerprint density at radius 3 is 1.56 bits per heavy atom. The molecule has 0 aliphatic heterocycles. The van der Waals surface area contributed by atoms with Gasteiger partial charge in [-0.15, -0.1) is 11.5 Å². The van der Waals surface area contributed by atoms with E-state index in [0.717, 1.165) is 0 Å². The molecule has 0 radical (unpaired) electrons. The molecule has 0 bridgehead atoms. The Bertz CT molecular complexity index is 968. The number of anilines is 1. The van der Waals surface area contributed by atoms with Crippen LogP contribution in [0.2, 0.25) is 16.6 Å². The Hall–Kier alpha value is -2.23. The molecule has 1 aromatic carbocycles. The molecular formula is C23H27F10NOSi. The normalized spacial score (nSPS) is 13.8. The van der Waals surface area contributed by atoms with Gasteiger partial charge < -0.3 is 5.32 Å². The summed E-state index contributed by atoms with van der Waals surface area (Å²) in [5, 5.41) is 1.28. The molecule has 0 saturated heterocycles. The number of alkyl halides is 6. The average Bonchev–Trinajstić information content (AvgIpc) is 2.69. The van der Waals surface area contributed by atoms with Gasteiger partial charge in [0.1, 0.15) is 19.3 Å². The second-order valence-corrected chi connectivity index (χ2v) is 15.0. The topological polar surface area (TPSA) is 29.1 Å². The minimum atomic E-state index is -5.81. The predicted molar refractivity (Wildman–Crippen MR) is 118 cm³/mol. The number of carbonyl (C=O) groups is 1. The van der Waals surface area contributed by atoms with Crippen LogP contribution in [-0.4, -0.2) is 20.2 Å². The van der Waals surface area contributed by atoms with Crippen molar-refractivity contribution in [2.24, 2.45) is 5.92 Å². The Kier molecular flexibility index (Phi) is 10.1. The lowest BCUT2D eigenvalue weighted by Gasteiger charge is -2.38. The minimum absolute atomic E-state index is 0.0983. The highest BCUT2D eigenvalue weighted by Gasteiger charge is 2.44. The van der Waals surface area contributed by atoms with Crippen LogP contribution < -0.4 is 5.32 Å². The third-order valence-electron chi connectivity index (χ3n) is 6.16. The first-order valence-electron chi connectivity index (χ1n) is 11.0. The van der Waals surface area contributed by atoms with Crippen molar-refractivity contribution in [1.29, 1.82) is 0 Å². The van der Waals surface area contributed by atoms with Crippen molar-refractivity contribution >= 4 is 19.7 Å². The van der Waals surface area contributed by atoms with Crippen LogP contribution in [0, 0.1) is 40.7 Å². The van der Waals surface area contributed by atoms with Gasteiger partial charge in [-0.3, -0.25) is 4.79 Å². The Labute approximate surface area is 203 Å². The van der Waals surface area contributed by atoms with Gasteiger partial charge in [0.25, 0.3) is 0 Å². The molecule has 0 fully saturated rings. The van der Waals surface area contributed by atoms with Crippen LogP contribution in [0.3, 0.4) is 0 Å². The van der Waals surface area contributed by atoms with Crippen molar-refractivity contribution in [3.8, 4) is 11.5 Å². The quantitative estimate of drug-likeness (QED) is 0.157. The zero-order valence-corrected chi connectivity index (χ0v) is 21.4. The van der Waals surface area contributed by atoms with Crippen molar-refractivity contribution in [2.45, 2.75) is 83.4 Å². The lowest BCUT2D eigenvalue weighted by Crippen LogP contribution is -2.43. The number of halogens is 10. The van der Waals surface area contributed by atoms with Gasteiger partial charge in [0.2, 0.25) is 5.91 Å². The van der Waals surface area contributed by atoms with Crippen molar-refractivity contribution < 1.29 is 48.7 Å². The molecule has 13 heteroatoms. The van der Waals surface area contributed by atoms with Crippen LogP contribution in [-0.2, 0) is 11.0 Å². The van der Waals surface area contributed by atoms with E-state index in [1.54, 1.807) is 0 Å². The number of rotatable bonds is 7. The molecule has 1 N–H and O–H groups in total. The van der Waals surface area contributed by atoms with Gasteiger partial charge in [-0.2, -0.15) is 26.3 Å². The lowest BCUT2D eigenvalue weighted by molar-refractivity contribution is -0.151. The summed E-state index contributed by atoms with van der Waals surface area (Å²) in [5.74, 6) is -12.0. The maximum absolute atomic E-state index is 14.1. The van der Waals surface area contributed by atoms with Crippen molar-refractivity contribution in [1.82, 2.24) is 0 Å². The van der Waals surface area contributed by atoms with Gasteiger partial charge in [0.05, 0.1) is 12.3 Å². The predicted octanol–water partition coefficient (Wildman–Crippen LogP) is 8.38. The summed E-state index contributed by atoms with van der Waals surface area (Å²) in [5.41, 5.74) is -1.45. The zero-order valence-electron chi connectivity index (χ0n) is 20.4. The van der Waals surface area contributed by atoms with Crippen LogP contribution >= 0.6 is 0 Å². The fourth-order valence-corrected chi connectivity index (χ4v) is 9.79. The fraction of sp³-hybridized carbons (Fsp3) is 0.609. The van der Waals surface area contributed by atoms with Gasteiger partial charge in [-0.25, -0.2) is 17.6 Å². The molecule has 0 spiro atoms. The van der Waals surface area contributed by atoms with Gasteiger partial charge >= 0.3 is 12.4 Å². The van der Waals surface area contributed by atoms with Crippen LogP contribution in [0.4, 0.5) is 49.6 Å². The molecule has 0 saturated carbocycles. The Morgan fingerprint density at radius 1 is 0.806 bits per heavy atom. The molecule has 204 valence electrons. The molecule has 2 nitrogen and oxygen atoms in total. The Balaban J connectivity index is 3.46. The molecular weight excluding hydrogens is 524 g/mol. The summed E-state index contributed by atoms with van der Waals surface area (Å²) in [6, 6.07) is 0. The highest BCUT2D eigenvalue weighted by Crippen LogP contribution is 2.41. The third kappa shape index (κ3) is 6.95. The number of nitrogens with one attached hydrogen (secondary N) is 1. The average molecular weight is 552 g/mol. The number of benzene rings is 1. The largest absolute Gasteiger partial charge is 0.422 e. The van der Waals surface area contributed by atoms with E-state index in [0.29, 0.717) is 0 Å². The maximum atomic E-state index is 14.1. The van der Waals surface area contributed by atoms with Crippen molar-refractivity contribution in [2.75, 3.05) is 5.32 Å². The summed E-state index contributed by atoms with van der Waals surface area (Å²) < 4.78 is 133. The summed E-state index contributed by atoms with van der Waals surface area (Å²) in [6.45, 7) is 11.6. The van der Waals surface area contributed by atoms with Crippen LogP contribution in [0.15, 0.2) is 0 Å². The first kappa shape index (κ1) is 31.8. The van der Waals surface area contributed by atoms with Crippen molar-refractivity contribution in [3.63, 3.8) is 0 Å². The Morgan fingerprint density at radius 2 is 1.22 bits per heavy atom. The summed E-state index contributed by atoms with van der Waals surface area (Å²) in [4.78, 5) is 12.5. The lowest BCUT2D eigenvalue weighted by atomic mass is 10.00. The van der Waals surface area contributed by atoms with Crippen LogP contribution in [0.1, 0.15) is 59.9 Å². The minimum Gasteiger partial charge on any atom is -0.321 e. The molecule has 0 aliphatic rings. The molecule has 1 amide bonds. The number of hydrogen-bond donors (Lipinski definition) is 1. The number of hydrogen-bond acceptors (Lipinski definition) is 1. The van der Waals surface area contributed by atoms with Gasteiger partial charge in [0, 0.05) is 6.42 Å². The number of carbonyl (C=O) groups excluding carboxylic acids is 1. The van der Waals surface area contributed by atoms with Gasteiger partial charge in [-0.1, -0.05) is 41.5 Å². The van der Waals surface area contributed by atoms with Crippen LogP contribution in [0.5, 0.6) is 0 Å². The van der Waals surface area contributed by atoms with E-state index in [-0.39, 0.29) is 16.6 Å². The van der Waals surface area contributed by atoms with E-state index in [9.17, 15) is 48.7 Å².